The molecule has 0 fully saturated rings. The molecule has 14 heavy (non-hydrogen) atoms. The molecule has 0 radical (unpaired) electrons. The molecule has 0 heterocycles. The minimum Gasteiger partial charge on any atom is -0.447 e. The first-order chi connectivity index (χ1) is 6.35. The van der Waals surface area contributed by atoms with E-state index in [-0.39, 0.29) is 17.7 Å². The van der Waals surface area contributed by atoms with E-state index in [9.17, 15) is 4.79 Å². The van der Waals surface area contributed by atoms with Crippen molar-refractivity contribution in [3.05, 3.63) is 0 Å². The lowest BCUT2D eigenvalue weighted by molar-refractivity contribution is 0.0478. The number of ether oxygens (including phenoxy) is 1. The van der Waals surface area contributed by atoms with E-state index in [1.807, 2.05) is 34.6 Å². The molecule has 4 nitrogen and oxygen atoms in total. The van der Waals surface area contributed by atoms with Gasteiger partial charge in [0.25, 0.3) is 0 Å². The Morgan fingerprint density at radius 1 is 1.50 bits per heavy atom. The van der Waals surface area contributed by atoms with Gasteiger partial charge in [0.1, 0.15) is 0 Å². The van der Waals surface area contributed by atoms with E-state index >= 15 is 0 Å². The molecule has 0 saturated carbocycles. The molecule has 2 N–H and O–H groups in total. The highest BCUT2D eigenvalue weighted by molar-refractivity contribution is 5.68. The number of hydrogen-bond donors (Lipinski definition) is 1. The molecule has 0 aliphatic carbocycles. The van der Waals surface area contributed by atoms with Gasteiger partial charge in [-0.05, 0) is 34.6 Å². The SMILES string of the molecule is CCN(C(=O)OC(C)C)C(C)(C)CN. The van der Waals surface area contributed by atoms with Crippen molar-refractivity contribution in [2.75, 3.05) is 13.1 Å². The average molecular weight is 202 g/mol. The summed E-state index contributed by atoms with van der Waals surface area (Å²) in [5.41, 5.74) is 5.26. The van der Waals surface area contributed by atoms with Crippen molar-refractivity contribution in [3.63, 3.8) is 0 Å². The lowest BCUT2D eigenvalue weighted by atomic mass is 10.0. The van der Waals surface area contributed by atoms with Crippen LogP contribution in [0.15, 0.2) is 0 Å². The fourth-order valence-electron chi connectivity index (χ4n) is 1.18. The van der Waals surface area contributed by atoms with Crippen LogP contribution in [0.5, 0.6) is 0 Å². The Balaban J connectivity index is 4.48. The van der Waals surface area contributed by atoms with Crippen LogP contribution in [0.1, 0.15) is 34.6 Å². The van der Waals surface area contributed by atoms with Crippen molar-refractivity contribution in [3.8, 4) is 0 Å². The van der Waals surface area contributed by atoms with E-state index < -0.39 is 0 Å². The van der Waals surface area contributed by atoms with Gasteiger partial charge >= 0.3 is 6.09 Å². The zero-order valence-corrected chi connectivity index (χ0v) is 9.83. The molecule has 0 atom stereocenters. The maximum Gasteiger partial charge on any atom is 0.410 e. The molecule has 0 unspecified atom stereocenters. The predicted molar refractivity (Wildman–Crippen MR) is 57.1 cm³/mol. The highest BCUT2D eigenvalue weighted by Crippen LogP contribution is 2.14. The van der Waals surface area contributed by atoms with E-state index in [0.717, 1.165) is 0 Å². The number of hydrogen-bond acceptors (Lipinski definition) is 3. The van der Waals surface area contributed by atoms with Gasteiger partial charge in [-0.2, -0.15) is 0 Å². The summed E-state index contributed by atoms with van der Waals surface area (Å²) >= 11 is 0. The first-order valence-electron chi connectivity index (χ1n) is 5.03. The fourth-order valence-corrected chi connectivity index (χ4v) is 1.18. The zero-order valence-electron chi connectivity index (χ0n) is 9.83. The molecular weight excluding hydrogens is 180 g/mol. The molecular formula is C10H22N2O2. The first-order valence-corrected chi connectivity index (χ1v) is 5.03. The number of nitrogens with zero attached hydrogens (tertiary/aromatic N) is 1. The summed E-state index contributed by atoms with van der Waals surface area (Å²) in [6.07, 6.45) is -0.386. The quantitative estimate of drug-likeness (QED) is 0.753. The van der Waals surface area contributed by atoms with Gasteiger partial charge in [0.15, 0.2) is 0 Å². The molecule has 0 saturated heterocycles. The van der Waals surface area contributed by atoms with Gasteiger partial charge in [-0.25, -0.2) is 4.79 Å². The molecule has 84 valence electrons. The van der Waals surface area contributed by atoms with Crippen LogP contribution in [0.4, 0.5) is 4.79 Å². The maximum absolute atomic E-state index is 11.6. The number of amides is 1. The second-order valence-electron chi connectivity index (χ2n) is 4.19. The van der Waals surface area contributed by atoms with E-state index in [0.29, 0.717) is 13.1 Å². The van der Waals surface area contributed by atoms with Gasteiger partial charge in [0.05, 0.1) is 11.6 Å². The first kappa shape index (κ1) is 13.2. The molecule has 0 bridgehead atoms. The third-order valence-corrected chi connectivity index (χ3v) is 2.10. The second kappa shape index (κ2) is 5.20. The van der Waals surface area contributed by atoms with E-state index in [4.69, 9.17) is 10.5 Å². The molecule has 0 aromatic carbocycles. The summed E-state index contributed by atoms with van der Waals surface area (Å²) in [5, 5.41) is 0. The maximum atomic E-state index is 11.6. The van der Waals surface area contributed by atoms with Crippen LogP contribution in [0.3, 0.4) is 0 Å². The van der Waals surface area contributed by atoms with Crippen molar-refractivity contribution in [1.82, 2.24) is 4.90 Å². The molecule has 0 aromatic heterocycles. The molecule has 1 amide bonds. The summed E-state index contributed by atoms with van der Waals surface area (Å²) < 4.78 is 5.12. The summed E-state index contributed by atoms with van der Waals surface area (Å²) in [4.78, 5) is 13.3. The minimum absolute atomic E-state index is 0.0925. The van der Waals surface area contributed by atoms with Gasteiger partial charge in [-0.1, -0.05) is 0 Å². The highest BCUT2D eigenvalue weighted by Gasteiger charge is 2.29. The van der Waals surface area contributed by atoms with Crippen LogP contribution in [-0.2, 0) is 4.74 Å². The molecule has 0 aliphatic rings. The molecule has 0 aliphatic heterocycles. The Hall–Kier alpha value is -0.770. The lowest BCUT2D eigenvalue weighted by Crippen LogP contribution is -2.52. The Morgan fingerprint density at radius 3 is 2.29 bits per heavy atom. The minimum atomic E-state index is -0.347. The third-order valence-electron chi connectivity index (χ3n) is 2.10. The Kier molecular flexibility index (Phi) is 4.91. The third kappa shape index (κ3) is 3.54. The standard InChI is InChI=1S/C10H22N2O2/c1-6-12(10(4,5)7-11)9(13)14-8(2)3/h8H,6-7,11H2,1-5H3. The van der Waals surface area contributed by atoms with Crippen LogP contribution in [0, 0.1) is 0 Å². The van der Waals surface area contributed by atoms with Crippen LogP contribution >= 0.6 is 0 Å². The molecule has 0 rings (SSSR count). The van der Waals surface area contributed by atoms with Gasteiger partial charge in [-0.3, -0.25) is 0 Å². The number of nitrogens with two attached hydrogens (primary N) is 1. The number of rotatable bonds is 4. The predicted octanol–water partition coefficient (Wildman–Crippen LogP) is 1.59. The monoisotopic (exact) mass is 202 g/mol. The van der Waals surface area contributed by atoms with Gasteiger partial charge < -0.3 is 15.4 Å². The van der Waals surface area contributed by atoms with Crippen molar-refractivity contribution in [2.24, 2.45) is 5.73 Å². The number of carbonyl (C=O) groups is 1. The van der Waals surface area contributed by atoms with Crippen molar-refractivity contribution in [1.29, 1.82) is 0 Å². The van der Waals surface area contributed by atoms with Crippen LogP contribution in [0.2, 0.25) is 0 Å². The molecule has 4 heteroatoms. The normalized spacial score (nSPS) is 11.6. The summed E-state index contributed by atoms with van der Waals surface area (Å²) in [5.74, 6) is 0. The van der Waals surface area contributed by atoms with Gasteiger partial charge in [-0.15, -0.1) is 0 Å². The molecule has 0 spiro atoms. The summed E-state index contributed by atoms with van der Waals surface area (Å²) in [6.45, 7) is 10.5. The fraction of sp³-hybridized carbons (Fsp3) is 0.900. The zero-order chi connectivity index (χ0) is 11.4. The summed E-state index contributed by atoms with van der Waals surface area (Å²) in [6, 6.07) is 0. The largest absolute Gasteiger partial charge is 0.447 e. The van der Waals surface area contributed by atoms with E-state index in [2.05, 4.69) is 0 Å². The van der Waals surface area contributed by atoms with Gasteiger partial charge in [0.2, 0.25) is 0 Å². The second-order valence-corrected chi connectivity index (χ2v) is 4.19. The Labute approximate surface area is 86.4 Å². The van der Waals surface area contributed by atoms with E-state index in [1.165, 1.54) is 0 Å². The highest BCUT2D eigenvalue weighted by atomic mass is 16.6. The van der Waals surface area contributed by atoms with E-state index in [1.54, 1.807) is 4.90 Å². The average Bonchev–Trinajstić information content (AvgIpc) is 2.03. The van der Waals surface area contributed by atoms with Crippen LogP contribution in [0.25, 0.3) is 0 Å². The lowest BCUT2D eigenvalue weighted by Gasteiger charge is -2.36. The number of carbonyl (C=O) groups excluding carboxylic acids is 1. The van der Waals surface area contributed by atoms with Gasteiger partial charge in [0, 0.05) is 13.1 Å². The molecule has 0 aromatic rings. The van der Waals surface area contributed by atoms with Crippen LogP contribution in [-0.4, -0.2) is 35.7 Å². The van der Waals surface area contributed by atoms with Crippen molar-refractivity contribution < 1.29 is 9.53 Å². The van der Waals surface area contributed by atoms with Crippen molar-refractivity contribution in [2.45, 2.75) is 46.3 Å². The summed E-state index contributed by atoms with van der Waals surface area (Å²) in [7, 11) is 0. The van der Waals surface area contributed by atoms with Crippen LogP contribution < -0.4 is 5.73 Å². The number of likely N-dealkylation sites (N-methyl/N-ethyl adjacent to an activating group) is 1. The van der Waals surface area contributed by atoms with Crippen molar-refractivity contribution >= 4 is 6.09 Å². The smallest absolute Gasteiger partial charge is 0.410 e. The Bertz CT molecular complexity index is 191. The topological polar surface area (TPSA) is 55.6 Å². The Morgan fingerprint density at radius 2 is 2.00 bits per heavy atom.